The highest BCUT2D eigenvalue weighted by Gasteiger charge is 2.47. The highest BCUT2D eigenvalue weighted by Crippen LogP contribution is 2.43. The molecule has 0 saturated carbocycles. The molecule has 0 atom stereocenters. The molecule has 2 heterocycles. The Hall–Kier alpha value is -2.10. The number of halogens is 3. The average molecular weight is 454 g/mol. The number of nitrogens with zero attached hydrogens (tertiary/aromatic N) is 3. The molecule has 0 bridgehead atoms. The van der Waals surface area contributed by atoms with Gasteiger partial charge in [0.15, 0.2) is 0 Å². The number of hydrogen-bond donors (Lipinski definition) is 0. The summed E-state index contributed by atoms with van der Waals surface area (Å²) in [5.41, 5.74) is -0.258. The van der Waals surface area contributed by atoms with E-state index >= 15 is 0 Å². The van der Waals surface area contributed by atoms with E-state index in [0.29, 0.717) is 44.2 Å². The number of piperazine rings is 1. The van der Waals surface area contributed by atoms with Gasteiger partial charge in [-0.3, -0.25) is 4.90 Å². The van der Waals surface area contributed by atoms with Crippen molar-refractivity contribution in [2.75, 3.05) is 44.2 Å². The predicted octanol–water partition coefficient (Wildman–Crippen LogP) is 3.77. The Morgan fingerprint density at radius 2 is 1.52 bits per heavy atom. The Morgan fingerprint density at radius 3 is 2.16 bits per heavy atom. The van der Waals surface area contributed by atoms with Crippen molar-refractivity contribution >= 4 is 15.7 Å². The molecule has 0 spiro atoms. The Morgan fingerprint density at radius 1 is 0.903 bits per heavy atom. The minimum absolute atomic E-state index is 0.202. The van der Waals surface area contributed by atoms with Gasteiger partial charge in [0, 0.05) is 45.0 Å². The summed E-state index contributed by atoms with van der Waals surface area (Å²) in [7, 11) is -3.56. The first-order chi connectivity index (χ1) is 14.5. The lowest BCUT2D eigenvalue weighted by atomic mass is 9.94. The molecule has 2 aromatic rings. The van der Waals surface area contributed by atoms with E-state index < -0.39 is 27.3 Å². The van der Waals surface area contributed by atoms with Crippen LogP contribution < -0.4 is 4.90 Å². The Kier molecular flexibility index (Phi) is 5.56. The Bertz CT molecular complexity index is 1060. The summed E-state index contributed by atoms with van der Waals surface area (Å²) in [5.74, 6) is 0. The first-order valence-corrected chi connectivity index (χ1v) is 11.7. The van der Waals surface area contributed by atoms with Crippen LogP contribution in [0, 0.1) is 0 Å². The van der Waals surface area contributed by atoms with Crippen LogP contribution in [0.5, 0.6) is 0 Å². The van der Waals surface area contributed by atoms with Gasteiger partial charge in [0.25, 0.3) is 0 Å². The second-order valence-electron chi connectivity index (χ2n) is 8.48. The summed E-state index contributed by atoms with van der Waals surface area (Å²) >= 11 is 0. The molecule has 0 aromatic heterocycles. The molecule has 1 fully saturated rings. The molecule has 4 rings (SSSR count). The van der Waals surface area contributed by atoms with Gasteiger partial charge in [-0.25, -0.2) is 8.42 Å². The van der Waals surface area contributed by atoms with Crippen LogP contribution >= 0.6 is 0 Å². The van der Waals surface area contributed by atoms with Crippen molar-refractivity contribution in [2.45, 2.75) is 30.5 Å². The fourth-order valence-corrected chi connectivity index (χ4v) is 6.69. The quantitative estimate of drug-likeness (QED) is 0.707. The minimum Gasteiger partial charge on any atom is -0.368 e. The number of rotatable bonds is 4. The third kappa shape index (κ3) is 3.94. The lowest BCUT2D eigenvalue weighted by Gasteiger charge is -2.38. The molecular formula is C22H26F3N3O2S. The van der Waals surface area contributed by atoms with Crippen LogP contribution in [0.25, 0.3) is 0 Å². The SMILES string of the molecule is CC1(C)c2ccccc2S(=O)(=O)N1CCN1CCN(c2ccccc2C(F)(F)F)CC1. The topological polar surface area (TPSA) is 43.9 Å². The number of para-hydroxylation sites is 1. The highest BCUT2D eigenvalue weighted by atomic mass is 32.2. The van der Waals surface area contributed by atoms with Crippen molar-refractivity contribution in [1.82, 2.24) is 9.21 Å². The molecule has 2 aliphatic rings. The van der Waals surface area contributed by atoms with Gasteiger partial charge in [-0.2, -0.15) is 17.5 Å². The first kappa shape index (κ1) is 22.1. The van der Waals surface area contributed by atoms with Gasteiger partial charge >= 0.3 is 6.18 Å². The fraction of sp³-hybridized carbons (Fsp3) is 0.455. The van der Waals surface area contributed by atoms with Gasteiger partial charge in [0.1, 0.15) is 0 Å². The summed E-state index contributed by atoms with van der Waals surface area (Å²) in [4.78, 5) is 4.22. The summed E-state index contributed by atoms with van der Waals surface area (Å²) in [6.45, 7) is 6.76. The lowest BCUT2D eigenvalue weighted by Crippen LogP contribution is -2.50. The van der Waals surface area contributed by atoms with E-state index in [1.54, 1.807) is 23.1 Å². The molecule has 5 nitrogen and oxygen atoms in total. The molecule has 0 N–H and O–H groups in total. The molecule has 0 radical (unpaired) electrons. The zero-order chi connectivity index (χ0) is 22.4. The van der Waals surface area contributed by atoms with E-state index in [-0.39, 0.29) is 5.69 Å². The van der Waals surface area contributed by atoms with Crippen molar-refractivity contribution in [1.29, 1.82) is 0 Å². The molecule has 1 saturated heterocycles. The molecule has 31 heavy (non-hydrogen) atoms. The molecule has 0 unspecified atom stereocenters. The van der Waals surface area contributed by atoms with E-state index in [1.807, 2.05) is 26.0 Å². The summed E-state index contributed by atoms with van der Waals surface area (Å²) in [5, 5.41) is 0. The Balaban J connectivity index is 1.41. The zero-order valence-corrected chi connectivity index (χ0v) is 18.4. The summed E-state index contributed by atoms with van der Waals surface area (Å²) in [6.07, 6.45) is -4.39. The van der Waals surface area contributed by atoms with Crippen LogP contribution in [0.1, 0.15) is 25.0 Å². The second kappa shape index (κ2) is 7.79. The third-order valence-electron chi connectivity index (χ3n) is 6.28. The van der Waals surface area contributed by atoms with Crippen molar-refractivity contribution < 1.29 is 21.6 Å². The van der Waals surface area contributed by atoms with Crippen LogP contribution in [-0.4, -0.2) is 56.9 Å². The third-order valence-corrected chi connectivity index (χ3v) is 8.41. The normalized spacial score (nSPS) is 21.3. The smallest absolute Gasteiger partial charge is 0.368 e. The highest BCUT2D eigenvalue weighted by molar-refractivity contribution is 7.89. The van der Waals surface area contributed by atoms with E-state index in [9.17, 15) is 21.6 Å². The van der Waals surface area contributed by atoms with Gasteiger partial charge < -0.3 is 4.90 Å². The van der Waals surface area contributed by atoms with Crippen molar-refractivity contribution in [3.63, 3.8) is 0 Å². The largest absolute Gasteiger partial charge is 0.418 e. The maximum Gasteiger partial charge on any atom is 0.418 e. The van der Waals surface area contributed by atoms with Crippen molar-refractivity contribution in [2.24, 2.45) is 0 Å². The molecule has 168 valence electrons. The van der Waals surface area contributed by atoms with Gasteiger partial charge in [-0.1, -0.05) is 30.3 Å². The minimum atomic E-state index is -4.39. The fourth-order valence-electron chi connectivity index (χ4n) is 4.58. The number of benzene rings is 2. The van der Waals surface area contributed by atoms with Crippen LogP contribution in [0.4, 0.5) is 18.9 Å². The van der Waals surface area contributed by atoms with Crippen molar-refractivity contribution in [3.8, 4) is 0 Å². The zero-order valence-electron chi connectivity index (χ0n) is 17.6. The molecule has 2 aliphatic heterocycles. The lowest BCUT2D eigenvalue weighted by molar-refractivity contribution is -0.137. The number of fused-ring (bicyclic) bond motifs is 1. The van der Waals surface area contributed by atoms with Crippen molar-refractivity contribution in [3.05, 3.63) is 59.7 Å². The van der Waals surface area contributed by atoms with E-state index in [4.69, 9.17) is 0 Å². The Labute approximate surface area is 181 Å². The summed E-state index contributed by atoms with van der Waals surface area (Å²) < 4.78 is 67.6. The molecule has 9 heteroatoms. The van der Waals surface area contributed by atoms with E-state index in [1.165, 1.54) is 16.4 Å². The number of sulfonamides is 1. The van der Waals surface area contributed by atoms with Gasteiger partial charge in [-0.15, -0.1) is 0 Å². The standard InChI is InChI=1S/C22H26F3N3O2S/c1-21(2)18-8-4-6-10-20(18)31(29,30)28(21)16-13-26-11-14-27(15-12-26)19-9-5-3-7-17(19)22(23,24)25/h3-10H,11-16H2,1-2H3. The first-order valence-electron chi connectivity index (χ1n) is 10.3. The van der Waals surface area contributed by atoms with Crippen LogP contribution in [0.2, 0.25) is 0 Å². The van der Waals surface area contributed by atoms with E-state index in [2.05, 4.69) is 4.90 Å². The summed E-state index contributed by atoms with van der Waals surface area (Å²) in [6, 6.07) is 12.7. The van der Waals surface area contributed by atoms with Crippen LogP contribution in [0.15, 0.2) is 53.4 Å². The van der Waals surface area contributed by atoms with Crippen LogP contribution in [-0.2, 0) is 21.7 Å². The second-order valence-corrected chi connectivity index (χ2v) is 10.3. The monoisotopic (exact) mass is 453 g/mol. The predicted molar refractivity (Wildman–Crippen MR) is 113 cm³/mol. The van der Waals surface area contributed by atoms with E-state index in [0.717, 1.165) is 11.6 Å². The molecule has 0 amide bonds. The number of anilines is 1. The van der Waals surface area contributed by atoms with Gasteiger partial charge in [-0.05, 0) is 37.6 Å². The number of alkyl halides is 3. The molecule has 0 aliphatic carbocycles. The van der Waals surface area contributed by atoms with Crippen LogP contribution in [0.3, 0.4) is 0 Å². The number of hydrogen-bond acceptors (Lipinski definition) is 4. The molecule has 2 aromatic carbocycles. The van der Waals surface area contributed by atoms with Gasteiger partial charge in [0.2, 0.25) is 10.0 Å². The van der Waals surface area contributed by atoms with Gasteiger partial charge in [0.05, 0.1) is 16.0 Å². The maximum atomic E-state index is 13.3. The maximum absolute atomic E-state index is 13.3. The average Bonchev–Trinajstić information content (AvgIpc) is 2.88. The molecular weight excluding hydrogens is 427 g/mol.